The summed E-state index contributed by atoms with van der Waals surface area (Å²) in [6, 6.07) is 7.35. The van der Waals surface area contributed by atoms with Gasteiger partial charge < -0.3 is 10.4 Å². The van der Waals surface area contributed by atoms with Crippen LogP contribution in [0.25, 0.3) is 0 Å². The molecule has 0 aliphatic rings. The Bertz CT molecular complexity index is 369. The van der Waals surface area contributed by atoms with Crippen LogP contribution in [0.1, 0.15) is 31.2 Å². The first-order chi connectivity index (χ1) is 8.72. The monoisotopic (exact) mass is 269 g/mol. The van der Waals surface area contributed by atoms with Crippen molar-refractivity contribution in [2.24, 2.45) is 0 Å². The molecule has 1 rings (SSSR count). The Labute approximate surface area is 113 Å². The van der Waals surface area contributed by atoms with Crippen molar-refractivity contribution in [3.8, 4) is 0 Å². The van der Waals surface area contributed by atoms with E-state index < -0.39 is 0 Å². The number of nitrogens with one attached hydrogen (secondary N) is 1. The summed E-state index contributed by atoms with van der Waals surface area (Å²) >= 11 is 5.85. The molecule has 0 aliphatic carbocycles. The van der Waals surface area contributed by atoms with Crippen molar-refractivity contribution in [3.05, 3.63) is 34.9 Å². The molecule has 4 heteroatoms. The minimum absolute atomic E-state index is 0.0272. The van der Waals surface area contributed by atoms with Crippen LogP contribution >= 0.6 is 11.6 Å². The van der Waals surface area contributed by atoms with Crippen LogP contribution in [0.2, 0.25) is 5.02 Å². The van der Waals surface area contributed by atoms with Crippen molar-refractivity contribution in [2.45, 2.75) is 32.1 Å². The molecule has 0 fully saturated rings. The molecule has 1 aromatic rings. The van der Waals surface area contributed by atoms with Crippen molar-refractivity contribution in [1.82, 2.24) is 5.32 Å². The molecular formula is C14H20ClNO2. The summed E-state index contributed by atoms with van der Waals surface area (Å²) in [6.07, 6.45) is 4.23. The normalized spacial score (nSPS) is 10.3. The van der Waals surface area contributed by atoms with Crippen molar-refractivity contribution in [2.75, 3.05) is 13.2 Å². The zero-order valence-corrected chi connectivity index (χ0v) is 11.2. The molecule has 1 aromatic carbocycles. The first-order valence-electron chi connectivity index (χ1n) is 6.34. The van der Waals surface area contributed by atoms with E-state index in [0.717, 1.165) is 31.2 Å². The Morgan fingerprint density at radius 3 is 2.72 bits per heavy atom. The Morgan fingerprint density at radius 1 is 1.22 bits per heavy atom. The molecule has 100 valence electrons. The number of amides is 1. The molecule has 2 N–H and O–H groups in total. The number of aliphatic hydroxyl groups excluding tert-OH is 1. The lowest BCUT2D eigenvalue weighted by molar-refractivity contribution is -0.120. The van der Waals surface area contributed by atoms with E-state index in [1.807, 2.05) is 18.2 Å². The fraction of sp³-hybridized carbons (Fsp3) is 0.500. The maximum absolute atomic E-state index is 11.6. The molecule has 0 aromatic heterocycles. The van der Waals surface area contributed by atoms with Gasteiger partial charge in [0.05, 0.1) is 6.42 Å². The Hall–Kier alpha value is -1.06. The van der Waals surface area contributed by atoms with Crippen LogP contribution in [0.3, 0.4) is 0 Å². The van der Waals surface area contributed by atoms with Crippen LogP contribution in [-0.2, 0) is 11.2 Å². The highest BCUT2D eigenvalue weighted by molar-refractivity contribution is 6.30. The highest BCUT2D eigenvalue weighted by Gasteiger charge is 2.02. The second kappa shape index (κ2) is 8.95. The topological polar surface area (TPSA) is 49.3 Å². The van der Waals surface area contributed by atoms with Gasteiger partial charge in [0.2, 0.25) is 5.91 Å². The average Bonchev–Trinajstić information content (AvgIpc) is 2.33. The summed E-state index contributed by atoms with van der Waals surface area (Å²) in [4.78, 5) is 11.6. The second-order valence-electron chi connectivity index (χ2n) is 4.29. The Morgan fingerprint density at radius 2 is 2.00 bits per heavy atom. The lowest BCUT2D eigenvalue weighted by atomic mass is 10.1. The molecule has 0 radical (unpaired) electrons. The van der Waals surface area contributed by atoms with E-state index in [-0.39, 0.29) is 12.5 Å². The van der Waals surface area contributed by atoms with E-state index in [1.165, 1.54) is 0 Å². The molecule has 18 heavy (non-hydrogen) atoms. The maximum atomic E-state index is 11.6. The van der Waals surface area contributed by atoms with E-state index in [9.17, 15) is 4.79 Å². The van der Waals surface area contributed by atoms with Crippen LogP contribution in [-0.4, -0.2) is 24.2 Å². The van der Waals surface area contributed by atoms with Gasteiger partial charge in [-0.2, -0.15) is 0 Å². The van der Waals surface area contributed by atoms with E-state index in [4.69, 9.17) is 16.7 Å². The fourth-order valence-electron chi connectivity index (χ4n) is 1.71. The number of unbranched alkanes of at least 4 members (excludes halogenated alkanes) is 3. The number of rotatable bonds is 8. The van der Waals surface area contributed by atoms with Gasteiger partial charge in [0, 0.05) is 18.2 Å². The second-order valence-corrected chi connectivity index (χ2v) is 4.73. The number of hydrogen-bond donors (Lipinski definition) is 2. The van der Waals surface area contributed by atoms with Gasteiger partial charge in [0.1, 0.15) is 0 Å². The first kappa shape index (κ1) is 15.0. The number of carbonyl (C=O) groups excluding carboxylic acids is 1. The third kappa shape index (κ3) is 6.62. The lowest BCUT2D eigenvalue weighted by Gasteiger charge is -2.05. The minimum Gasteiger partial charge on any atom is -0.396 e. The quantitative estimate of drug-likeness (QED) is 0.713. The molecule has 0 spiro atoms. The van der Waals surface area contributed by atoms with Crippen molar-refractivity contribution < 1.29 is 9.90 Å². The fourth-order valence-corrected chi connectivity index (χ4v) is 1.93. The third-order valence-electron chi connectivity index (χ3n) is 2.66. The Balaban J connectivity index is 2.14. The van der Waals surface area contributed by atoms with Gasteiger partial charge in [-0.15, -0.1) is 0 Å². The van der Waals surface area contributed by atoms with E-state index >= 15 is 0 Å². The largest absolute Gasteiger partial charge is 0.396 e. The van der Waals surface area contributed by atoms with Gasteiger partial charge in [-0.1, -0.05) is 36.6 Å². The van der Waals surface area contributed by atoms with Crippen molar-refractivity contribution in [3.63, 3.8) is 0 Å². The Kier molecular flexibility index (Phi) is 7.46. The van der Waals surface area contributed by atoms with Gasteiger partial charge in [0.25, 0.3) is 0 Å². The molecule has 0 unspecified atom stereocenters. The standard InChI is InChI=1S/C14H20ClNO2/c15-13-7-5-6-12(10-13)11-14(18)16-8-3-1-2-4-9-17/h5-7,10,17H,1-4,8-9,11H2,(H,16,18). The third-order valence-corrected chi connectivity index (χ3v) is 2.90. The summed E-state index contributed by atoms with van der Waals surface area (Å²) in [6.45, 7) is 0.950. The molecule has 0 atom stereocenters. The molecule has 0 heterocycles. The first-order valence-corrected chi connectivity index (χ1v) is 6.72. The molecular weight excluding hydrogens is 250 g/mol. The number of hydrogen-bond acceptors (Lipinski definition) is 2. The molecule has 0 bridgehead atoms. The van der Waals surface area contributed by atoms with Crippen LogP contribution in [0.15, 0.2) is 24.3 Å². The smallest absolute Gasteiger partial charge is 0.224 e. The van der Waals surface area contributed by atoms with Crippen LogP contribution in [0.5, 0.6) is 0 Å². The predicted molar refractivity (Wildman–Crippen MR) is 73.7 cm³/mol. The maximum Gasteiger partial charge on any atom is 0.224 e. The number of carbonyl (C=O) groups is 1. The number of halogens is 1. The van der Waals surface area contributed by atoms with Crippen LogP contribution in [0.4, 0.5) is 0 Å². The van der Waals surface area contributed by atoms with Gasteiger partial charge in [-0.05, 0) is 30.5 Å². The van der Waals surface area contributed by atoms with E-state index in [2.05, 4.69) is 5.32 Å². The molecule has 1 amide bonds. The van der Waals surface area contributed by atoms with Gasteiger partial charge in [-0.25, -0.2) is 0 Å². The van der Waals surface area contributed by atoms with Gasteiger partial charge in [-0.3, -0.25) is 4.79 Å². The summed E-state index contributed by atoms with van der Waals surface area (Å²) in [7, 11) is 0. The van der Waals surface area contributed by atoms with E-state index in [1.54, 1.807) is 6.07 Å². The minimum atomic E-state index is 0.0272. The highest BCUT2D eigenvalue weighted by atomic mass is 35.5. The van der Waals surface area contributed by atoms with E-state index in [0.29, 0.717) is 18.0 Å². The number of aliphatic hydroxyl groups is 1. The van der Waals surface area contributed by atoms with Crippen LogP contribution < -0.4 is 5.32 Å². The van der Waals surface area contributed by atoms with Crippen LogP contribution in [0, 0.1) is 0 Å². The average molecular weight is 270 g/mol. The van der Waals surface area contributed by atoms with Gasteiger partial charge >= 0.3 is 0 Å². The summed E-state index contributed by atoms with van der Waals surface area (Å²) < 4.78 is 0. The molecule has 0 saturated heterocycles. The lowest BCUT2D eigenvalue weighted by Crippen LogP contribution is -2.26. The van der Waals surface area contributed by atoms with Gasteiger partial charge in [0.15, 0.2) is 0 Å². The summed E-state index contributed by atoms with van der Waals surface area (Å²) in [5.74, 6) is 0.0272. The molecule has 0 aliphatic heterocycles. The molecule has 0 saturated carbocycles. The predicted octanol–water partition coefficient (Wildman–Crippen LogP) is 2.55. The highest BCUT2D eigenvalue weighted by Crippen LogP contribution is 2.10. The molecule has 3 nitrogen and oxygen atoms in total. The number of benzene rings is 1. The van der Waals surface area contributed by atoms with Crippen molar-refractivity contribution >= 4 is 17.5 Å². The summed E-state index contributed by atoms with van der Waals surface area (Å²) in [5.41, 5.74) is 0.931. The van der Waals surface area contributed by atoms with Crippen molar-refractivity contribution in [1.29, 1.82) is 0 Å². The zero-order chi connectivity index (χ0) is 13.2. The zero-order valence-electron chi connectivity index (χ0n) is 10.5. The SMILES string of the molecule is O=C(Cc1cccc(Cl)c1)NCCCCCCO. The summed E-state index contributed by atoms with van der Waals surface area (Å²) in [5, 5.41) is 12.2.